The summed E-state index contributed by atoms with van der Waals surface area (Å²) in [5.41, 5.74) is 1.60. The molecule has 7 heteroatoms. The van der Waals surface area contributed by atoms with Crippen molar-refractivity contribution in [3.05, 3.63) is 51.8 Å². The quantitative estimate of drug-likeness (QED) is 0.682. The first-order valence-electron chi connectivity index (χ1n) is 7.17. The van der Waals surface area contributed by atoms with Gasteiger partial charge in [-0.05, 0) is 24.1 Å². The van der Waals surface area contributed by atoms with Gasteiger partial charge in [0.25, 0.3) is 5.56 Å². The highest BCUT2D eigenvalue weighted by Gasteiger charge is 2.16. The lowest BCUT2D eigenvalue weighted by atomic mass is 10.2. The van der Waals surface area contributed by atoms with Gasteiger partial charge in [0.2, 0.25) is 0 Å². The van der Waals surface area contributed by atoms with Crippen LogP contribution in [0.2, 0.25) is 0 Å². The van der Waals surface area contributed by atoms with Crippen LogP contribution in [0.5, 0.6) is 11.5 Å². The molecule has 0 bridgehead atoms. The zero-order chi connectivity index (χ0) is 17.1. The SMILES string of the molecule is COc1ccc(CCSc2sc3c(O)cc(=O)[nH]c3c2C#N)cc1. The molecule has 0 aliphatic rings. The Bertz CT molecular complexity index is 968. The predicted octanol–water partition coefficient (Wildman–Crippen LogP) is 3.51. The summed E-state index contributed by atoms with van der Waals surface area (Å²) in [6, 6.07) is 11.1. The van der Waals surface area contributed by atoms with E-state index in [-0.39, 0.29) is 5.75 Å². The molecule has 0 atom stereocenters. The Hall–Kier alpha value is -2.43. The first-order valence-corrected chi connectivity index (χ1v) is 8.97. The van der Waals surface area contributed by atoms with Crippen LogP contribution in [-0.2, 0) is 6.42 Å². The van der Waals surface area contributed by atoms with Crippen LogP contribution < -0.4 is 10.3 Å². The van der Waals surface area contributed by atoms with Crippen molar-refractivity contribution >= 4 is 33.3 Å². The summed E-state index contributed by atoms with van der Waals surface area (Å²) in [4.78, 5) is 14.1. The summed E-state index contributed by atoms with van der Waals surface area (Å²) in [6.07, 6.45) is 0.844. The third-order valence-electron chi connectivity index (χ3n) is 3.52. The Labute approximate surface area is 146 Å². The number of aromatic nitrogens is 1. The van der Waals surface area contributed by atoms with Crippen LogP contribution in [0.1, 0.15) is 11.1 Å². The molecule has 24 heavy (non-hydrogen) atoms. The molecule has 0 unspecified atom stereocenters. The maximum atomic E-state index is 11.5. The second-order valence-electron chi connectivity index (χ2n) is 5.05. The maximum absolute atomic E-state index is 11.5. The number of thioether (sulfide) groups is 1. The van der Waals surface area contributed by atoms with Crippen LogP contribution in [0.4, 0.5) is 0 Å². The number of nitrogens with one attached hydrogen (secondary N) is 1. The molecular formula is C17H14N2O3S2. The van der Waals surface area contributed by atoms with Gasteiger partial charge in [-0.25, -0.2) is 0 Å². The highest BCUT2D eigenvalue weighted by Crippen LogP contribution is 2.40. The Morgan fingerprint density at radius 2 is 2.12 bits per heavy atom. The third kappa shape index (κ3) is 3.25. The average Bonchev–Trinajstić information content (AvgIpc) is 2.93. The fourth-order valence-corrected chi connectivity index (χ4v) is 4.72. The second-order valence-corrected chi connectivity index (χ2v) is 7.43. The van der Waals surface area contributed by atoms with Gasteiger partial charge in [0.15, 0.2) is 0 Å². The first-order chi connectivity index (χ1) is 11.6. The summed E-state index contributed by atoms with van der Waals surface area (Å²) < 4.78 is 6.48. The Morgan fingerprint density at radius 1 is 1.38 bits per heavy atom. The van der Waals surface area contributed by atoms with E-state index in [1.165, 1.54) is 16.9 Å². The van der Waals surface area contributed by atoms with E-state index in [2.05, 4.69) is 11.1 Å². The van der Waals surface area contributed by atoms with Gasteiger partial charge in [-0.1, -0.05) is 12.1 Å². The number of ether oxygens (including phenoxy) is 1. The summed E-state index contributed by atoms with van der Waals surface area (Å²) in [5.74, 6) is 1.53. The molecule has 1 aromatic carbocycles. The molecule has 3 aromatic rings. The molecule has 2 N–H and O–H groups in total. The van der Waals surface area contributed by atoms with Gasteiger partial charge in [-0.3, -0.25) is 4.79 Å². The molecule has 0 spiro atoms. The molecule has 2 aromatic heterocycles. The third-order valence-corrected chi connectivity index (χ3v) is 6.00. The van der Waals surface area contributed by atoms with Crippen molar-refractivity contribution in [2.75, 3.05) is 12.9 Å². The number of fused-ring (bicyclic) bond motifs is 1. The number of hydrogen-bond donors (Lipinski definition) is 2. The summed E-state index contributed by atoms with van der Waals surface area (Å²) in [6.45, 7) is 0. The lowest BCUT2D eigenvalue weighted by Crippen LogP contribution is -2.02. The van der Waals surface area contributed by atoms with Crippen molar-refractivity contribution in [3.8, 4) is 17.6 Å². The van der Waals surface area contributed by atoms with Gasteiger partial charge in [0.05, 0.1) is 21.5 Å². The molecule has 0 fully saturated rings. The molecule has 5 nitrogen and oxygen atoms in total. The van der Waals surface area contributed by atoms with Gasteiger partial charge < -0.3 is 14.8 Å². The number of aromatic hydroxyl groups is 1. The minimum atomic E-state index is -0.413. The summed E-state index contributed by atoms with van der Waals surface area (Å²) in [5, 5.41) is 19.3. The zero-order valence-corrected chi connectivity index (χ0v) is 14.5. The number of nitriles is 1. The van der Waals surface area contributed by atoms with Crippen LogP contribution in [0, 0.1) is 11.3 Å². The summed E-state index contributed by atoms with van der Waals surface area (Å²) in [7, 11) is 1.63. The lowest BCUT2D eigenvalue weighted by Gasteiger charge is -2.03. The topological polar surface area (TPSA) is 86.1 Å². The van der Waals surface area contributed by atoms with Crippen molar-refractivity contribution in [1.82, 2.24) is 4.98 Å². The normalized spacial score (nSPS) is 10.7. The average molecular weight is 358 g/mol. The number of rotatable bonds is 5. The van der Waals surface area contributed by atoms with Crippen LogP contribution in [0.3, 0.4) is 0 Å². The Kier molecular flexibility index (Phi) is 4.79. The molecule has 3 rings (SSSR count). The Morgan fingerprint density at radius 3 is 2.79 bits per heavy atom. The number of hydrogen-bond acceptors (Lipinski definition) is 6. The van der Waals surface area contributed by atoms with E-state index in [9.17, 15) is 15.2 Å². The molecule has 0 aliphatic heterocycles. The number of benzene rings is 1. The molecule has 122 valence electrons. The largest absolute Gasteiger partial charge is 0.506 e. The van der Waals surface area contributed by atoms with Crippen LogP contribution in [-0.4, -0.2) is 23.0 Å². The van der Waals surface area contributed by atoms with Crippen LogP contribution in [0.25, 0.3) is 10.2 Å². The van der Waals surface area contributed by atoms with Crippen molar-refractivity contribution < 1.29 is 9.84 Å². The van der Waals surface area contributed by atoms with Crippen LogP contribution >= 0.6 is 23.1 Å². The molecule has 0 saturated heterocycles. The number of aromatic amines is 1. The van der Waals surface area contributed by atoms with Crippen molar-refractivity contribution in [2.45, 2.75) is 10.6 Å². The van der Waals surface area contributed by atoms with E-state index in [1.54, 1.807) is 18.9 Å². The number of H-pyrrole nitrogens is 1. The highest BCUT2D eigenvalue weighted by atomic mass is 32.2. The number of methoxy groups -OCH3 is 1. The van der Waals surface area contributed by atoms with E-state index in [4.69, 9.17) is 4.74 Å². The minimum absolute atomic E-state index is 0.0859. The molecule has 0 saturated carbocycles. The van der Waals surface area contributed by atoms with E-state index in [0.717, 1.165) is 28.2 Å². The summed E-state index contributed by atoms with van der Waals surface area (Å²) >= 11 is 2.87. The first kappa shape index (κ1) is 16.4. The fourth-order valence-electron chi connectivity index (χ4n) is 2.32. The maximum Gasteiger partial charge on any atom is 0.252 e. The molecule has 0 amide bonds. The van der Waals surface area contributed by atoms with E-state index in [1.807, 2.05) is 24.3 Å². The monoisotopic (exact) mass is 358 g/mol. The van der Waals surface area contributed by atoms with Gasteiger partial charge in [-0.2, -0.15) is 5.26 Å². The van der Waals surface area contributed by atoms with Crippen molar-refractivity contribution in [1.29, 1.82) is 5.26 Å². The van der Waals surface area contributed by atoms with Gasteiger partial charge in [0, 0.05) is 11.8 Å². The molecule has 0 aliphatic carbocycles. The van der Waals surface area contributed by atoms with Gasteiger partial charge in [0.1, 0.15) is 23.1 Å². The number of thiophene rings is 1. The zero-order valence-electron chi connectivity index (χ0n) is 12.8. The predicted molar refractivity (Wildman–Crippen MR) is 96.2 cm³/mol. The smallest absolute Gasteiger partial charge is 0.252 e. The number of aryl methyl sites for hydroxylation is 1. The molecule has 0 radical (unpaired) electrons. The van der Waals surface area contributed by atoms with E-state index < -0.39 is 5.56 Å². The van der Waals surface area contributed by atoms with E-state index in [0.29, 0.717) is 15.8 Å². The highest BCUT2D eigenvalue weighted by molar-refractivity contribution is 8.01. The van der Waals surface area contributed by atoms with Crippen molar-refractivity contribution in [3.63, 3.8) is 0 Å². The minimum Gasteiger partial charge on any atom is -0.506 e. The van der Waals surface area contributed by atoms with Crippen molar-refractivity contribution in [2.24, 2.45) is 0 Å². The van der Waals surface area contributed by atoms with Gasteiger partial charge in [-0.15, -0.1) is 23.1 Å². The lowest BCUT2D eigenvalue weighted by molar-refractivity contribution is 0.414. The number of nitrogens with zero attached hydrogens (tertiary/aromatic N) is 1. The fraction of sp³-hybridized carbons (Fsp3) is 0.176. The van der Waals surface area contributed by atoms with Crippen LogP contribution in [0.15, 0.2) is 39.3 Å². The second kappa shape index (κ2) is 6.99. The Balaban J connectivity index is 1.78. The molecular weight excluding hydrogens is 344 g/mol. The standard InChI is InChI=1S/C17H14N2O3S2/c1-22-11-4-2-10(3-5-11)6-7-23-17-12(9-18)15-16(24-17)13(20)8-14(21)19-15/h2-5,8H,6-7H2,1H3,(H2,19,20,21). The van der Waals surface area contributed by atoms with E-state index >= 15 is 0 Å². The van der Waals surface area contributed by atoms with Gasteiger partial charge >= 0.3 is 0 Å². The number of pyridine rings is 1. The molecule has 2 heterocycles.